The number of rotatable bonds is 6. The molecule has 0 radical (unpaired) electrons. The van der Waals surface area contributed by atoms with Crippen molar-refractivity contribution < 1.29 is 9.47 Å². The fourth-order valence-electron chi connectivity index (χ4n) is 1.97. The maximum Gasteiger partial charge on any atom is 0.122 e. The highest BCUT2D eigenvalue weighted by atomic mass is 16.5. The molecule has 1 aromatic carbocycles. The van der Waals surface area contributed by atoms with Crippen molar-refractivity contribution in [2.75, 3.05) is 20.8 Å². The molecule has 0 aromatic heterocycles. The topological polar surface area (TPSA) is 30.5 Å². The predicted molar refractivity (Wildman–Crippen MR) is 80.2 cm³/mol. The first-order valence-corrected chi connectivity index (χ1v) is 6.81. The zero-order chi connectivity index (χ0) is 14.5. The van der Waals surface area contributed by atoms with Gasteiger partial charge in [-0.1, -0.05) is 6.92 Å². The third-order valence-electron chi connectivity index (χ3n) is 3.04. The van der Waals surface area contributed by atoms with E-state index in [2.05, 4.69) is 39.1 Å². The van der Waals surface area contributed by atoms with E-state index in [1.54, 1.807) is 14.2 Å². The van der Waals surface area contributed by atoms with Gasteiger partial charge in [-0.05, 0) is 63.4 Å². The van der Waals surface area contributed by atoms with E-state index in [0.717, 1.165) is 24.5 Å². The Hall–Kier alpha value is -1.22. The molecule has 1 aromatic rings. The molecule has 3 heteroatoms. The van der Waals surface area contributed by atoms with Crippen molar-refractivity contribution in [3.8, 4) is 11.5 Å². The monoisotopic (exact) mass is 265 g/mol. The molecular weight excluding hydrogens is 238 g/mol. The molecule has 0 saturated carbocycles. The van der Waals surface area contributed by atoms with Crippen molar-refractivity contribution in [2.24, 2.45) is 5.92 Å². The molecule has 19 heavy (non-hydrogen) atoms. The normalized spacial score (nSPS) is 13.2. The van der Waals surface area contributed by atoms with Crippen LogP contribution in [0.3, 0.4) is 0 Å². The van der Waals surface area contributed by atoms with Crippen LogP contribution in [0.4, 0.5) is 0 Å². The summed E-state index contributed by atoms with van der Waals surface area (Å²) in [5.74, 6) is 2.36. The minimum absolute atomic E-state index is 0.159. The summed E-state index contributed by atoms with van der Waals surface area (Å²) < 4.78 is 10.7. The van der Waals surface area contributed by atoms with Gasteiger partial charge in [-0.2, -0.15) is 0 Å². The van der Waals surface area contributed by atoms with Gasteiger partial charge >= 0.3 is 0 Å². The molecule has 1 unspecified atom stereocenters. The van der Waals surface area contributed by atoms with E-state index in [1.165, 1.54) is 5.56 Å². The lowest BCUT2D eigenvalue weighted by atomic mass is 9.98. The second-order valence-corrected chi connectivity index (χ2v) is 6.12. The molecule has 0 spiro atoms. The first-order chi connectivity index (χ1) is 8.85. The number of benzene rings is 1. The van der Waals surface area contributed by atoms with Crippen LogP contribution in [0.1, 0.15) is 33.3 Å². The van der Waals surface area contributed by atoms with E-state index in [9.17, 15) is 0 Å². The molecule has 0 bridgehead atoms. The third kappa shape index (κ3) is 5.52. The number of nitrogens with one attached hydrogen (secondary N) is 1. The maximum absolute atomic E-state index is 5.42. The van der Waals surface area contributed by atoms with Crippen molar-refractivity contribution in [1.29, 1.82) is 0 Å². The Kier molecular flexibility index (Phi) is 5.67. The lowest BCUT2D eigenvalue weighted by Gasteiger charge is -2.24. The van der Waals surface area contributed by atoms with Crippen LogP contribution >= 0.6 is 0 Å². The number of ether oxygens (including phenoxy) is 2. The lowest BCUT2D eigenvalue weighted by Crippen LogP contribution is -2.39. The van der Waals surface area contributed by atoms with Crippen LogP contribution in [0.5, 0.6) is 11.5 Å². The molecule has 0 aliphatic rings. The predicted octanol–water partition coefficient (Wildman–Crippen LogP) is 3.27. The summed E-state index contributed by atoms with van der Waals surface area (Å²) in [4.78, 5) is 0. The minimum Gasteiger partial charge on any atom is -0.497 e. The van der Waals surface area contributed by atoms with Gasteiger partial charge in [-0.15, -0.1) is 0 Å². The van der Waals surface area contributed by atoms with Gasteiger partial charge in [-0.3, -0.25) is 0 Å². The smallest absolute Gasteiger partial charge is 0.122 e. The van der Waals surface area contributed by atoms with E-state index in [1.807, 2.05) is 12.1 Å². The maximum atomic E-state index is 5.42. The Bertz CT molecular complexity index is 396. The van der Waals surface area contributed by atoms with E-state index < -0.39 is 0 Å². The molecule has 3 nitrogen and oxygen atoms in total. The third-order valence-corrected chi connectivity index (χ3v) is 3.04. The van der Waals surface area contributed by atoms with E-state index in [0.29, 0.717) is 5.92 Å². The largest absolute Gasteiger partial charge is 0.497 e. The number of methoxy groups -OCH3 is 2. The zero-order valence-corrected chi connectivity index (χ0v) is 13.0. The second kappa shape index (κ2) is 6.80. The van der Waals surface area contributed by atoms with Crippen LogP contribution < -0.4 is 14.8 Å². The average molecular weight is 265 g/mol. The second-order valence-electron chi connectivity index (χ2n) is 6.12. The molecule has 0 heterocycles. The molecule has 0 fully saturated rings. The zero-order valence-electron chi connectivity index (χ0n) is 13.0. The van der Waals surface area contributed by atoms with Crippen molar-refractivity contribution in [2.45, 2.75) is 39.7 Å². The van der Waals surface area contributed by atoms with Gasteiger partial charge in [0.15, 0.2) is 0 Å². The van der Waals surface area contributed by atoms with Crippen LogP contribution in [0.15, 0.2) is 18.2 Å². The highest BCUT2D eigenvalue weighted by Gasteiger charge is 2.13. The fourth-order valence-corrected chi connectivity index (χ4v) is 1.97. The summed E-state index contributed by atoms with van der Waals surface area (Å²) in [7, 11) is 3.40. The van der Waals surface area contributed by atoms with Crippen molar-refractivity contribution in [1.82, 2.24) is 5.32 Å². The van der Waals surface area contributed by atoms with Crippen molar-refractivity contribution in [3.63, 3.8) is 0 Å². The Morgan fingerprint density at radius 3 is 2.37 bits per heavy atom. The Balaban J connectivity index is 2.69. The van der Waals surface area contributed by atoms with Crippen LogP contribution in [0, 0.1) is 5.92 Å². The van der Waals surface area contributed by atoms with Gasteiger partial charge in [0.25, 0.3) is 0 Å². The molecule has 0 aliphatic heterocycles. The van der Waals surface area contributed by atoms with Gasteiger partial charge in [-0.25, -0.2) is 0 Å². The molecule has 0 saturated heterocycles. The molecule has 108 valence electrons. The molecule has 0 aliphatic carbocycles. The van der Waals surface area contributed by atoms with Gasteiger partial charge in [0.05, 0.1) is 14.2 Å². The average Bonchev–Trinajstić information content (AvgIpc) is 2.35. The van der Waals surface area contributed by atoms with Gasteiger partial charge in [0.1, 0.15) is 11.5 Å². The van der Waals surface area contributed by atoms with E-state index in [4.69, 9.17) is 9.47 Å². The SMILES string of the molecule is COc1ccc(OC)c(CC(C)CNC(C)(C)C)c1. The summed E-state index contributed by atoms with van der Waals surface area (Å²) in [5.41, 5.74) is 1.36. The highest BCUT2D eigenvalue weighted by molar-refractivity contribution is 5.40. The molecular formula is C16H27NO2. The lowest BCUT2D eigenvalue weighted by molar-refractivity contribution is 0.372. The van der Waals surface area contributed by atoms with Crippen molar-refractivity contribution in [3.05, 3.63) is 23.8 Å². The molecule has 1 rings (SSSR count). The van der Waals surface area contributed by atoms with Crippen molar-refractivity contribution >= 4 is 0 Å². The Morgan fingerprint density at radius 1 is 1.16 bits per heavy atom. The molecule has 1 atom stereocenters. The molecule has 1 N–H and O–H groups in total. The highest BCUT2D eigenvalue weighted by Crippen LogP contribution is 2.26. The number of hydrogen-bond donors (Lipinski definition) is 1. The van der Waals surface area contributed by atoms with Gasteiger partial charge in [0.2, 0.25) is 0 Å². The van der Waals surface area contributed by atoms with Crippen LogP contribution in [0.25, 0.3) is 0 Å². The number of hydrogen-bond acceptors (Lipinski definition) is 3. The van der Waals surface area contributed by atoms with E-state index in [-0.39, 0.29) is 5.54 Å². The van der Waals surface area contributed by atoms with Gasteiger partial charge in [0, 0.05) is 5.54 Å². The quantitative estimate of drug-likeness (QED) is 0.856. The molecule has 0 amide bonds. The fraction of sp³-hybridized carbons (Fsp3) is 0.625. The van der Waals surface area contributed by atoms with E-state index >= 15 is 0 Å². The van der Waals surface area contributed by atoms with Crippen LogP contribution in [-0.4, -0.2) is 26.3 Å². The first kappa shape index (κ1) is 15.8. The van der Waals surface area contributed by atoms with Crippen LogP contribution in [0.2, 0.25) is 0 Å². The summed E-state index contributed by atoms with van der Waals surface area (Å²) in [5, 5.41) is 3.54. The summed E-state index contributed by atoms with van der Waals surface area (Å²) in [6.45, 7) is 9.80. The summed E-state index contributed by atoms with van der Waals surface area (Å²) >= 11 is 0. The summed E-state index contributed by atoms with van der Waals surface area (Å²) in [6.07, 6.45) is 0.976. The first-order valence-electron chi connectivity index (χ1n) is 6.81. The Morgan fingerprint density at radius 2 is 1.84 bits per heavy atom. The van der Waals surface area contributed by atoms with Gasteiger partial charge < -0.3 is 14.8 Å². The van der Waals surface area contributed by atoms with Crippen LogP contribution in [-0.2, 0) is 6.42 Å². The standard InChI is InChI=1S/C16H27NO2/c1-12(11-17-16(2,3)4)9-13-10-14(18-5)7-8-15(13)19-6/h7-8,10,12,17H,9,11H2,1-6H3. The Labute approximate surface area is 117 Å². The summed E-state index contributed by atoms with van der Waals surface area (Å²) in [6, 6.07) is 5.96. The minimum atomic E-state index is 0.159.